The number of hydrogen-bond acceptors (Lipinski definition) is 9. The van der Waals surface area contributed by atoms with Gasteiger partial charge < -0.3 is 24.0 Å². The zero-order valence-corrected chi connectivity index (χ0v) is 31.1. The molecule has 11 nitrogen and oxygen atoms in total. The number of nitrogens with zero attached hydrogens (tertiary/aromatic N) is 7. The first-order chi connectivity index (χ1) is 24.8. The minimum atomic E-state index is -0.888. The molecule has 268 valence electrons. The number of hydrogen-bond donors (Lipinski definition) is 0. The number of aromatic nitrogens is 5. The van der Waals surface area contributed by atoms with Crippen molar-refractivity contribution in [3.63, 3.8) is 0 Å². The average molecular weight is 757 g/mol. The Morgan fingerprint density at radius 2 is 1.63 bits per heavy atom. The largest absolute Gasteiger partial charge is 0.491 e. The minimum Gasteiger partial charge on any atom is -0.491 e. The Morgan fingerprint density at radius 3 is 2.25 bits per heavy atom. The van der Waals surface area contributed by atoms with Crippen LogP contribution in [-0.4, -0.2) is 76.1 Å². The molecule has 0 N–H and O–H groups in total. The third-order valence-corrected chi connectivity index (χ3v) is 10.7. The Morgan fingerprint density at radius 1 is 0.961 bits per heavy atom. The fourth-order valence-electron chi connectivity index (χ4n) is 7.16. The van der Waals surface area contributed by atoms with Gasteiger partial charge in [-0.25, -0.2) is 4.68 Å². The molecule has 2 aliphatic heterocycles. The molecule has 2 saturated heterocycles. The monoisotopic (exact) mass is 755 g/mol. The SMILES string of the molecule is CCC(C)n1ncc(Cc2ccc(N3CCN(c4ccc(OCC5COC(Cn6nccn6)(C6C=CC(Br)=CC6C)O5)cc4)CC3)cc2)cc1=O. The summed E-state index contributed by atoms with van der Waals surface area (Å²) in [6.07, 6.45) is 12.9. The zero-order chi connectivity index (χ0) is 35.4. The maximum Gasteiger partial charge on any atom is 0.267 e. The van der Waals surface area contributed by atoms with Crippen LogP contribution in [0.1, 0.15) is 44.4 Å². The molecular weight excluding hydrogens is 710 g/mol. The van der Waals surface area contributed by atoms with E-state index in [4.69, 9.17) is 14.2 Å². The third kappa shape index (κ3) is 8.13. The lowest BCUT2D eigenvalue weighted by molar-refractivity contribution is -0.214. The lowest BCUT2D eigenvalue weighted by Crippen LogP contribution is -2.47. The number of piperazine rings is 1. The van der Waals surface area contributed by atoms with Crippen LogP contribution in [0.25, 0.3) is 0 Å². The highest BCUT2D eigenvalue weighted by molar-refractivity contribution is 9.11. The van der Waals surface area contributed by atoms with Gasteiger partial charge in [0.2, 0.25) is 0 Å². The Kier molecular flexibility index (Phi) is 10.7. The van der Waals surface area contributed by atoms with Gasteiger partial charge in [0, 0.05) is 54.0 Å². The van der Waals surface area contributed by atoms with E-state index in [9.17, 15) is 4.79 Å². The van der Waals surface area contributed by atoms with E-state index in [1.807, 2.05) is 25.3 Å². The lowest BCUT2D eigenvalue weighted by atomic mass is 9.83. The summed E-state index contributed by atoms with van der Waals surface area (Å²) in [5.41, 5.74) is 4.47. The van der Waals surface area contributed by atoms with Crippen molar-refractivity contribution in [1.29, 1.82) is 0 Å². The summed E-state index contributed by atoms with van der Waals surface area (Å²) >= 11 is 3.59. The lowest BCUT2D eigenvalue weighted by Gasteiger charge is -2.37. The van der Waals surface area contributed by atoms with Crippen LogP contribution in [0.15, 0.2) is 101 Å². The Hall–Kier alpha value is -4.26. The smallest absolute Gasteiger partial charge is 0.267 e. The second-order valence-corrected chi connectivity index (χ2v) is 14.7. The molecule has 2 aromatic carbocycles. The van der Waals surface area contributed by atoms with Gasteiger partial charge in [0.15, 0.2) is 5.79 Å². The van der Waals surface area contributed by atoms with Gasteiger partial charge in [-0.05, 0) is 73.2 Å². The number of halogens is 1. The predicted molar refractivity (Wildman–Crippen MR) is 201 cm³/mol. The molecule has 3 aliphatic rings. The molecule has 1 aliphatic carbocycles. The van der Waals surface area contributed by atoms with Crippen LogP contribution in [-0.2, 0) is 22.4 Å². The van der Waals surface area contributed by atoms with Crippen molar-refractivity contribution in [2.24, 2.45) is 11.8 Å². The fourth-order valence-corrected chi connectivity index (χ4v) is 7.73. The van der Waals surface area contributed by atoms with Crippen molar-refractivity contribution >= 4 is 27.3 Å². The summed E-state index contributed by atoms with van der Waals surface area (Å²) in [5, 5.41) is 13.0. The van der Waals surface area contributed by atoms with E-state index in [0.29, 0.717) is 26.2 Å². The molecule has 7 rings (SSSR count). The van der Waals surface area contributed by atoms with Crippen LogP contribution < -0.4 is 20.1 Å². The van der Waals surface area contributed by atoms with Gasteiger partial charge in [-0.2, -0.15) is 20.1 Å². The fraction of sp³-hybridized carbons (Fsp3) is 0.436. The topological polar surface area (TPSA) is 99.8 Å². The van der Waals surface area contributed by atoms with Crippen molar-refractivity contribution in [2.75, 3.05) is 49.2 Å². The van der Waals surface area contributed by atoms with Gasteiger partial charge in [-0.3, -0.25) is 4.79 Å². The molecule has 12 heteroatoms. The van der Waals surface area contributed by atoms with Crippen LogP contribution in [0.2, 0.25) is 0 Å². The normalized spacial score (nSPS) is 24.1. The van der Waals surface area contributed by atoms with Crippen molar-refractivity contribution in [3.8, 4) is 5.75 Å². The number of allylic oxidation sites excluding steroid dienone is 3. The maximum absolute atomic E-state index is 12.5. The van der Waals surface area contributed by atoms with Crippen LogP contribution in [0.4, 0.5) is 11.4 Å². The van der Waals surface area contributed by atoms with E-state index < -0.39 is 5.79 Å². The second-order valence-electron chi connectivity index (χ2n) is 13.7. The predicted octanol–water partition coefficient (Wildman–Crippen LogP) is 6.01. The average Bonchev–Trinajstić information content (AvgIpc) is 3.82. The number of ether oxygens (including phenoxy) is 3. The Balaban J connectivity index is 0.893. The molecule has 4 aromatic rings. The molecule has 2 fully saturated rings. The molecule has 0 radical (unpaired) electrons. The summed E-state index contributed by atoms with van der Waals surface area (Å²) in [7, 11) is 0. The van der Waals surface area contributed by atoms with Crippen molar-refractivity contribution in [2.45, 2.75) is 58.1 Å². The summed E-state index contributed by atoms with van der Waals surface area (Å²) in [6, 6.07) is 18.8. The van der Waals surface area contributed by atoms with Gasteiger partial charge in [0.1, 0.15) is 25.0 Å². The molecule has 51 heavy (non-hydrogen) atoms. The summed E-state index contributed by atoms with van der Waals surface area (Å²) in [4.78, 5) is 19.0. The van der Waals surface area contributed by atoms with E-state index in [1.54, 1.807) is 27.9 Å². The molecule has 0 bridgehead atoms. The highest BCUT2D eigenvalue weighted by Gasteiger charge is 2.50. The van der Waals surface area contributed by atoms with Gasteiger partial charge >= 0.3 is 0 Å². The van der Waals surface area contributed by atoms with E-state index in [1.165, 1.54) is 16.9 Å². The van der Waals surface area contributed by atoms with E-state index in [2.05, 4.69) is 109 Å². The Labute approximate surface area is 307 Å². The summed E-state index contributed by atoms with van der Waals surface area (Å²) in [5.74, 6) is 0.122. The first-order valence-corrected chi connectivity index (χ1v) is 18.7. The maximum atomic E-state index is 12.5. The molecule has 0 amide bonds. The first-order valence-electron chi connectivity index (χ1n) is 17.9. The van der Waals surface area contributed by atoms with Crippen molar-refractivity contribution in [1.82, 2.24) is 24.8 Å². The highest BCUT2D eigenvalue weighted by atomic mass is 79.9. The minimum absolute atomic E-state index is 0.00277. The molecule has 2 aromatic heterocycles. The highest BCUT2D eigenvalue weighted by Crippen LogP contribution is 2.41. The van der Waals surface area contributed by atoms with E-state index >= 15 is 0 Å². The number of anilines is 2. The van der Waals surface area contributed by atoms with Crippen molar-refractivity contribution in [3.05, 3.63) is 117 Å². The molecule has 4 heterocycles. The standard InChI is InChI=1S/C39H46BrN7O4/c1-4-29(3)47-38(48)23-31(24-43-47)22-30-5-8-33(9-6-30)44-17-19-45(20-18-44)34-10-12-35(13-11-34)49-25-36-26-50-39(51-36,27-46-41-15-16-42-46)37-14-7-32(40)21-28(37)2/h5-16,21,23-24,28-29,36-37H,4,17-20,22,25-27H2,1-3H3. The van der Waals surface area contributed by atoms with Gasteiger partial charge in [-0.1, -0.05) is 60.1 Å². The Bertz CT molecular complexity index is 1870. The summed E-state index contributed by atoms with van der Waals surface area (Å²) < 4.78 is 21.9. The van der Waals surface area contributed by atoms with E-state index in [0.717, 1.165) is 48.4 Å². The van der Waals surface area contributed by atoms with E-state index in [-0.39, 0.29) is 29.5 Å². The zero-order valence-electron chi connectivity index (χ0n) is 29.5. The molecule has 0 spiro atoms. The third-order valence-electron chi connectivity index (χ3n) is 10.2. The molecule has 5 unspecified atom stereocenters. The number of benzene rings is 2. The quantitative estimate of drug-likeness (QED) is 0.172. The number of rotatable bonds is 12. The van der Waals surface area contributed by atoms with Crippen LogP contribution in [0, 0.1) is 11.8 Å². The first kappa shape index (κ1) is 35.2. The second kappa shape index (κ2) is 15.5. The van der Waals surface area contributed by atoms with Crippen molar-refractivity contribution < 1.29 is 14.2 Å². The van der Waals surface area contributed by atoms with Crippen LogP contribution in [0.5, 0.6) is 5.75 Å². The molecule has 0 saturated carbocycles. The molecule has 5 atom stereocenters. The van der Waals surface area contributed by atoms with Gasteiger partial charge in [-0.15, -0.1) is 0 Å². The van der Waals surface area contributed by atoms with Crippen LogP contribution >= 0.6 is 15.9 Å². The van der Waals surface area contributed by atoms with Gasteiger partial charge in [0.05, 0.1) is 31.2 Å². The molecular formula is C39H46BrN7O4. The summed E-state index contributed by atoms with van der Waals surface area (Å²) in [6.45, 7) is 11.2. The van der Waals surface area contributed by atoms with Crippen LogP contribution in [0.3, 0.4) is 0 Å². The van der Waals surface area contributed by atoms with Gasteiger partial charge in [0.25, 0.3) is 5.56 Å².